The average molecular weight is 384 g/mol. The van der Waals surface area contributed by atoms with Crippen molar-refractivity contribution in [2.24, 2.45) is 0 Å². The number of piperazine rings is 1. The second-order valence-corrected chi connectivity index (χ2v) is 6.66. The maximum atomic E-state index is 12.2. The number of carbonyl (C=O) groups is 1. The molecule has 8 nitrogen and oxygen atoms in total. The van der Waals surface area contributed by atoms with E-state index in [9.17, 15) is 14.9 Å². The molecule has 0 bridgehead atoms. The second-order valence-electron chi connectivity index (χ2n) is 6.66. The van der Waals surface area contributed by atoms with E-state index in [0.717, 1.165) is 43.2 Å². The Morgan fingerprint density at radius 3 is 2.29 bits per heavy atom. The minimum absolute atomic E-state index is 0.000367. The molecule has 2 aromatic carbocycles. The standard InChI is InChI=1S/C20H24N4O4/c1-28-19-8-2-16(3-9-19)14-21-20(25)15-22-10-12-23(13-11-22)17-4-6-18(7-5-17)24(26)27/h2-9H,10-15H2,1H3,(H,21,25). The summed E-state index contributed by atoms with van der Waals surface area (Å²) in [6.07, 6.45) is 0. The number of carbonyl (C=O) groups excluding carboxylic acids is 1. The first kappa shape index (κ1) is 19.6. The lowest BCUT2D eigenvalue weighted by Crippen LogP contribution is -2.49. The monoisotopic (exact) mass is 384 g/mol. The lowest BCUT2D eigenvalue weighted by Gasteiger charge is -2.35. The van der Waals surface area contributed by atoms with Crippen LogP contribution in [0.1, 0.15) is 5.56 Å². The zero-order valence-corrected chi connectivity index (χ0v) is 15.8. The van der Waals surface area contributed by atoms with Crippen LogP contribution in [0.25, 0.3) is 0 Å². The lowest BCUT2D eigenvalue weighted by atomic mass is 10.2. The molecule has 2 aromatic rings. The van der Waals surface area contributed by atoms with Crippen LogP contribution in [-0.4, -0.2) is 55.6 Å². The molecule has 0 atom stereocenters. The fourth-order valence-electron chi connectivity index (χ4n) is 3.15. The molecular formula is C20H24N4O4. The number of hydrogen-bond acceptors (Lipinski definition) is 6. The van der Waals surface area contributed by atoms with E-state index >= 15 is 0 Å². The Bertz CT molecular complexity index is 800. The molecule has 1 aliphatic heterocycles. The van der Waals surface area contributed by atoms with Crippen molar-refractivity contribution in [2.75, 3.05) is 44.7 Å². The van der Waals surface area contributed by atoms with Crippen LogP contribution in [-0.2, 0) is 11.3 Å². The van der Waals surface area contributed by atoms with Gasteiger partial charge in [-0.1, -0.05) is 12.1 Å². The number of methoxy groups -OCH3 is 1. The molecule has 0 aromatic heterocycles. The van der Waals surface area contributed by atoms with Gasteiger partial charge in [0.1, 0.15) is 5.75 Å². The molecule has 1 aliphatic rings. The van der Waals surface area contributed by atoms with Crippen molar-refractivity contribution in [3.63, 3.8) is 0 Å². The van der Waals surface area contributed by atoms with Crippen LogP contribution in [0.3, 0.4) is 0 Å². The first-order chi connectivity index (χ1) is 13.5. The molecule has 3 rings (SSSR count). The fraction of sp³-hybridized carbons (Fsp3) is 0.350. The van der Waals surface area contributed by atoms with E-state index in [1.807, 2.05) is 24.3 Å². The van der Waals surface area contributed by atoms with Crippen LogP contribution in [0.2, 0.25) is 0 Å². The number of anilines is 1. The molecule has 0 aliphatic carbocycles. The van der Waals surface area contributed by atoms with E-state index in [-0.39, 0.29) is 11.6 Å². The maximum Gasteiger partial charge on any atom is 0.269 e. The van der Waals surface area contributed by atoms with Gasteiger partial charge in [-0.05, 0) is 29.8 Å². The zero-order valence-electron chi connectivity index (χ0n) is 15.8. The Hall–Kier alpha value is -3.13. The van der Waals surface area contributed by atoms with Crippen LogP contribution < -0.4 is 15.0 Å². The maximum absolute atomic E-state index is 12.2. The summed E-state index contributed by atoms with van der Waals surface area (Å²) in [5.41, 5.74) is 2.09. The normalized spacial score (nSPS) is 14.5. The van der Waals surface area contributed by atoms with Gasteiger partial charge in [-0.15, -0.1) is 0 Å². The van der Waals surface area contributed by atoms with Crippen LogP contribution in [0.15, 0.2) is 48.5 Å². The Morgan fingerprint density at radius 2 is 1.71 bits per heavy atom. The summed E-state index contributed by atoms with van der Waals surface area (Å²) >= 11 is 0. The van der Waals surface area contributed by atoms with Crippen molar-refractivity contribution in [1.29, 1.82) is 0 Å². The molecule has 1 N–H and O–H groups in total. The average Bonchev–Trinajstić information content (AvgIpc) is 2.73. The number of nitro groups is 1. The number of nitrogens with zero attached hydrogens (tertiary/aromatic N) is 3. The van der Waals surface area contributed by atoms with Crippen molar-refractivity contribution >= 4 is 17.3 Å². The zero-order chi connectivity index (χ0) is 19.9. The van der Waals surface area contributed by atoms with Crippen molar-refractivity contribution in [1.82, 2.24) is 10.2 Å². The summed E-state index contributed by atoms with van der Waals surface area (Å²) in [4.78, 5) is 26.9. The summed E-state index contributed by atoms with van der Waals surface area (Å²) in [5.74, 6) is 0.792. The molecule has 0 radical (unpaired) electrons. The Balaban J connectivity index is 1.41. The highest BCUT2D eigenvalue weighted by atomic mass is 16.6. The third-order valence-corrected chi connectivity index (χ3v) is 4.81. The number of nitro benzene ring substituents is 1. The Kier molecular flexibility index (Phi) is 6.44. The Labute approximate surface area is 163 Å². The molecule has 28 heavy (non-hydrogen) atoms. The number of nitrogens with one attached hydrogen (secondary N) is 1. The molecule has 1 heterocycles. The highest BCUT2D eigenvalue weighted by Crippen LogP contribution is 2.20. The van der Waals surface area contributed by atoms with E-state index in [1.165, 1.54) is 12.1 Å². The summed E-state index contributed by atoms with van der Waals surface area (Å²) in [6.45, 7) is 3.96. The summed E-state index contributed by atoms with van der Waals surface area (Å²) in [5, 5.41) is 13.7. The van der Waals surface area contributed by atoms with E-state index in [0.29, 0.717) is 13.1 Å². The minimum atomic E-state index is -0.397. The van der Waals surface area contributed by atoms with Gasteiger partial charge in [0.25, 0.3) is 5.69 Å². The van der Waals surface area contributed by atoms with Crippen LogP contribution >= 0.6 is 0 Å². The van der Waals surface area contributed by atoms with Gasteiger partial charge >= 0.3 is 0 Å². The third-order valence-electron chi connectivity index (χ3n) is 4.81. The molecule has 0 saturated carbocycles. The van der Waals surface area contributed by atoms with Gasteiger partial charge < -0.3 is 15.0 Å². The van der Waals surface area contributed by atoms with E-state index in [2.05, 4.69) is 15.1 Å². The van der Waals surface area contributed by atoms with Crippen LogP contribution in [0.4, 0.5) is 11.4 Å². The lowest BCUT2D eigenvalue weighted by molar-refractivity contribution is -0.384. The van der Waals surface area contributed by atoms with Crippen molar-refractivity contribution in [3.05, 3.63) is 64.2 Å². The van der Waals surface area contributed by atoms with Gasteiger partial charge in [-0.3, -0.25) is 19.8 Å². The largest absolute Gasteiger partial charge is 0.497 e. The topological polar surface area (TPSA) is 88.0 Å². The summed E-state index contributed by atoms with van der Waals surface area (Å²) < 4.78 is 5.12. The number of benzene rings is 2. The van der Waals surface area contributed by atoms with E-state index in [1.54, 1.807) is 19.2 Å². The van der Waals surface area contributed by atoms with Crippen molar-refractivity contribution in [3.8, 4) is 5.75 Å². The number of rotatable bonds is 7. The Morgan fingerprint density at radius 1 is 1.07 bits per heavy atom. The number of hydrogen-bond donors (Lipinski definition) is 1. The third kappa shape index (κ3) is 5.20. The van der Waals surface area contributed by atoms with Crippen LogP contribution in [0, 0.1) is 10.1 Å². The predicted octanol–water partition coefficient (Wildman–Crippen LogP) is 2.04. The summed E-state index contributed by atoms with van der Waals surface area (Å²) in [7, 11) is 1.62. The molecular weight excluding hydrogens is 360 g/mol. The van der Waals surface area contributed by atoms with Crippen molar-refractivity contribution < 1.29 is 14.5 Å². The van der Waals surface area contributed by atoms with Gasteiger partial charge in [0, 0.05) is 50.5 Å². The fourth-order valence-corrected chi connectivity index (χ4v) is 3.15. The van der Waals surface area contributed by atoms with E-state index < -0.39 is 4.92 Å². The highest BCUT2D eigenvalue weighted by Gasteiger charge is 2.19. The molecule has 0 unspecified atom stereocenters. The van der Waals surface area contributed by atoms with Gasteiger partial charge in [-0.25, -0.2) is 0 Å². The minimum Gasteiger partial charge on any atom is -0.497 e. The first-order valence-corrected chi connectivity index (χ1v) is 9.16. The molecule has 1 fully saturated rings. The van der Waals surface area contributed by atoms with E-state index in [4.69, 9.17) is 4.74 Å². The quantitative estimate of drug-likeness (QED) is 0.581. The molecule has 8 heteroatoms. The number of non-ortho nitro benzene ring substituents is 1. The predicted molar refractivity (Wildman–Crippen MR) is 107 cm³/mol. The van der Waals surface area contributed by atoms with Crippen molar-refractivity contribution in [2.45, 2.75) is 6.54 Å². The van der Waals surface area contributed by atoms with Gasteiger partial charge in [0.2, 0.25) is 5.91 Å². The van der Waals surface area contributed by atoms with Gasteiger partial charge in [0.15, 0.2) is 0 Å². The summed E-state index contributed by atoms with van der Waals surface area (Å²) in [6, 6.07) is 14.2. The number of ether oxygens (including phenoxy) is 1. The highest BCUT2D eigenvalue weighted by molar-refractivity contribution is 5.78. The number of amides is 1. The second kappa shape index (κ2) is 9.18. The first-order valence-electron chi connectivity index (χ1n) is 9.16. The molecule has 1 amide bonds. The molecule has 0 spiro atoms. The molecule has 1 saturated heterocycles. The van der Waals surface area contributed by atoms with Gasteiger partial charge in [0.05, 0.1) is 18.6 Å². The van der Waals surface area contributed by atoms with Gasteiger partial charge in [-0.2, -0.15) is 0 Å². The molecule has 148 valence electrons. The SMILES string of the molecule is COc1ccc(CNC(=O)CN2CCN(c3ccc([N+](=O)[O-])cc3)CC2)cc1. The van der Waals surface area contributed by atoms with Crippen LogP contribution in [0.5, 0.6) is 5.75 Å². The smallest absolute Gasteiger partial charge is 0.269 e.